The Labute approximate surface area is 196 Å². The molecular weight excluding hydrogens is 442 g/mol. The molecule has 1 aromatic heterocycles. The monoisotopic (exact) mass is 471 g/mol. The highest BCUT2D eigenvalue weighted by Gasteiger charge is 2.19. The molecule has 0 radical (unpaired) electrons. The minimum absolute atomic E-state index is 0.202. The van der Waals surface area contributed by atoms with Crippen molar-refractivity contribution in [1.29, 1.82) is 0 Å². The number of thiazole rings is 1. The number of hydrogen-bond donors (Lipinski definition) is 2. The zero-order valence-corrected chi connectivity index (χ0v) is 20.0. The second-order valence-electron chi connectivity index (χ2n) is 7.36. The average Bonchev–Trinajstić information content (AvgIpc) is 3.34. The van der Waals surface area contributed by atoms with Gasteiger partial charge in [-0.25, -0.2) is 13.9 Å². The van der Waals surface area contributed by atoms with E-state index in [0.29, 0.717) is 30.0 Å². The first-order valence-corrected chi connectivity index (χ1v) is 12.7. The number of carbonyl (C=O) groups excluding carboxylic acids is 1. The van der Waals surface area contributed by atoms with E-state index in [0.717, 1.165) is 17.8 Å². The minimum atomic E-state index is -1.50. The maximum atomic E-state index is 13.2. The van der Waals surface area contributed by atoms with Crippen molar-refractivity contribution in [2.45, 2.75) is 37.1 Å². The average molecular weight is 472 g/mol. The first-order chi connectivity index (χ1) is 15.6. The van der Waals surface area contributed by atoms with Crippen molar-refractivity contribution in [2.24, 2.45) is 0 Å². The fourth-order valence-electron chi connectivity index (χ4n) is 3.34. The lowest BCUT2D eigenvalue weighted by Crippen LogP contribution is -2.28. The number of rotatable bonds is 12. The zero-order valence-electron chi connectivity index (χ0n) is 18.4. The second kappa shape index (κ2) is 12.6. The Morgan fingerprint density at radius 3 is 2.75 bits per heavy atom. The van der Waals surface area contributed by atoms with Crippen LogP contribution in [0.5, 0.6) is 0 Å². The Hall–Kier alpha value is -2.39. The topological polar surface area (TPSA) is 80.3 Å². The van der Waals surface area contributed by atoms with Crippen molar-refractivity contribution in [3.63, 3.8) is 0 Å². The number of amides is 1. The molecule has 32 heavy (non-hydrogen) atoms. The number of aromatic nitrogens is 1. The van der Waals surface area contributed by atoms with Crippen LogP contribution in [0, 0.1) is 0 Å². The van der Waals surface area contributed by atoms with E-state index < -0.39 is 11.0 Å². The fraction of sp³-hybridized carbons (Fsp3) is 0.333. The minimum Gasteiger partial charge on any atom is -0.383 e. The molecule has 3 aromatic rings. The number of benzene rings is 2. The number of ether oxygens (including phenoxy) is 1. The summed E-state index contributed by atoms with van der Waals surface area (Å²) < 4.78 is 21.4. The summed E-state index contributed by atoms with van der Waals surface area (Å²) in [5.41, 5.74) is 2.94. The normalized spacial score (nSPS) is 12.9. The number of methoxy groups -OCH3 is 1. The second-order valence-corrected chi connectivity index (χ2v) is 9.53. The lowest BCUT2D eigenvalue weighted by molar-refractivity contribution is 0.0937. The van der Waals surface area contributed by atoms with Crippen molar-refractivity contribution in [2.75, 3.05) is 20.3 Å². The number of nitrogens with one attached hydrogen (secondary N) is 2. The van der Waals surface area contributed by atoms with Crippen LogP contribution in [0.15, 0.2) is 65.0 Å². The smallest absolute Gasteiger partial charge is 0.251 e. The predicted molar refractivity (Wildman–Crippen MR) is 129 cm³/mol. The summed E-state index contributed by atoms with van der Waals surface area (Å²) in [6.07, 6.45) is 4.56. The van der Waals surface area contributed by atoms with Crippen LogP contribution >= 0.6 is 11.3 Å². The highest BCUT2D eigenvalue weighted by molar-refractivity contribution is 7.83. The summed E-state index contributed by atoms with van der Waals surface area (Å²) >= 11 is 1.54. The molecule has 6 nitrogen and oxygen atoms in total. The van der Waals surface area contributed by atoms with Crippen LogP contribution in [0.4, 0.5) is 0 Å². The maximum absolute atomic E-state index is 13.2. The first kappa shape index (κ1) is 24.3. The molecule has 8 heteroatoms. The maximum Gasteiger partial charge on any atom is 0.251 e. The van der Waals surface area contributed by atoms with E-state index in [2.05, 4.69) is 46.2 Å². The van der Waals surface area contributed by atoms with E-state index in [1.165, 1.54) is 22.5 Å². The van der Waals surface area contributed by atoms with Crippen LogP contribution in [0.2, 0.25) is 0 Å². The summed E-state index contributed by atoms with van der Waals surface area (Å²) in [6.45, 7) is 3.03. The number of hydrogen-bond acceptors (Lipinski definition) is 5. The predicted octanol–water partition coefficient (Wildman–Crippen LogP) is 4.07. The lowest BCUT2D eigenvalue weighted by atomic mass is 10.0. The molecule has 0 saturated heterocycles. The van der Waals surface area contributed by atoms with E-state index in [4.69, 9.17) is 4.74 Å². The Morgan fingerprint density at radius 2 is 2.00 bits per heavy atom. The Balaban J connectivity index is 1.74. The number of nitrogens with zero attached hydrogens (tertiary/aromatic N) is 1. The van der Waals surface area contributed by atoms with E-state index in [1.54, 1.807) is 37.6 Å². The number of carbonyl (C=O) groups is 1. The molecule has 0 fully saturated rings. The molecule has 2 atom stereocenters. The molecule has 2 N–H and O–H groups in total. The van der Waals surface area contributed by atoms with Gasteiger partial charge in [-0.3, -0.25) is 4.79 Å². The molecule has 0 aliphatic carbocycles. The molecule has 170 valence electrons. The molecular formula is C24H29N3O3S2. The highest BCUT2D eigenvalue weighted by Crippen LogP contribution is 2.23. The van der Waals surface area contributed by atoms with Gasteiger partial charge in [0.15, 0.2) is 0 Å². The Morgan fingerprint density at radius 1 is 1.19 bits per heavy atom. The lowest BCUT2D eigenvalue weighted by Gasteiger charge is -2.17. The van der Waals surface area contributed by atoms with Gasteiger partial charge >= 0.3 is 0 Å². The number of aryl methyl sites for hydroxylation is 1. The standard InChI is InChI=1S/C24H29N3O3S2/c1-3-6-18-7-4-8-19(15-18)16-22(24-26-12-14-31-24)27-32(29)21-10-5-9-20(17-21)23(28)25-11-13-30-2/h4-5,7-10,12,14-15,17,22,27H,3,6,11,13,16H2,1-2H3,(H,25,28). The fourth-order valence-corrected chi connectivity index (χ4v) is 5.13. The van der Waals surface area contributed by atoms with E-state index in [1.807, 2.05) is 5.38 Å². The van der Waals surface area contributed by atoms with Crippen LogP contribution < -0.4 is 10.0 Å². The van der Waals surface area contributed by atoms with Gasteiger partial charge < -0.3 is 10.1 Å². The summed E-state index contributed by atoms with van der Waals surface area (Å²) in [5.74, 6) is -0.217. The third kappa shape index (κ3) is 7.06. The van der Waals surface area contributed by atoms with Gasteiger partial charge in [-0.1, -0.05) is 43.7 Å². The van der Waals surface area contributed by atoms with Crippen LogP contribution in [0.25, 0.3) is 0 Å². The van der Waals surface area contributed by atoms with Crippen LogP contribution in [0.1, 0.15) is 45.9 Å². The molecule has 0 spiro atoms. The van der Waals surface area contributed by atoms with Crippen molar-refractivity contribution in [3.8, 4) is 0 Å². The van der Waals surface area contributed by atoms with Crippen LogP contribution in [-0.2, 0) is 28.6 Å². The van der Waals surface area contributed by atoms with Gasteiger partial charge in [-0.15, -0.1) is 11.3 Å². The van der Waals surface area contributed by atoms with Crippen molar-refractivity contribution in [3.05, 3.63) is 81.8 Å². The van der Waals surface area contributed by atoms with Gasteiger partial charge in [0.1, 0.15) is 16.0 Å². The van der Waals surface area contributed by atoms with Gasteiger partial charge in [-0.2, -0.15) is 0 Å². The van der Waals surface area contributed by atoms with Gasteiger partial charge in [0.05, 0.1) is 17.5 Å². The molecule has 3 rings (SSSR count). The molecule has 1 amide bonds. The first-order valence-electron chi connectivity index (χ1n) is 10.6. The third-order valence-corrected chi connectivity index (χ3v) is 6.94. The van der Waals surface area contributed by atoms with Crippen molar-refractivity contribution in [1.82, 2.24) is 15.0 Å². The molecule has 0 saturated carbocycles. The van der Waals surface area contributed by atoms with Crippen LogP contribution in [-0.4, -0.2) is 35.4 Å². The quantitative estimate of drug-likeness (QED) is 0.390. The SMILES string of the molecule is CCCc1cccc(CC(NS(=O)c2cccc(C(=O)NCCOC)c2)c2nccs2)c1. The molecule has 2 aromatic carbocycles. The zero-order chi connectivity index (χ0) is 22.8. The van der Waals surface area contributed by atoms with E-state index >= 15 is 0 Å². The summed E-state index contributed by atoms with van der Waals surface area (Å²) in [6, 6.07) is 15.2. The Kier molecular flexibility index (Phi) is 9.55. The van der Waals surface area contributed by atoms with Crippen molar-refractivity contribution < 1.29 is 13.7 Å². The summed E-state index contributed by atoms with van der Waals surface area (Å²) in [4.78, 5) is 17.3. The molecule has 2 unspecified atom stereocenters. The summed E-state index contributed by atoms with van der Waals surface area (Å²) in [7, 11) is 0.0812. The van der Waals surface area contributed by atoms with Crippen molar-refractivity contribution >= 4 is 28.2 Å². The van der Waals surface area contributed by atoms with Gasteiger partial charge in [0, 0.05) is 30.8 Å². The molecule has 0 aliphatic heterocycles. The third-order valence-electron chi connectivity index (χ3n) is 4.87. The highest BCUT2D eigenvalue weighted by atomic mass is 32.2. The molecule has 0 aliphatic rings. The largest absolute Gasteiger partial charge is 0.383 e. The molecule has 0 bridgehead atoms. The van der Waals surface area contributed by atoms with E-state index in [-0.39, 0.29) is 11.9 Å². The Bertz CT molecular complexity index is 1020. The van der Waals surface area contributed by atoms with Gasteiger partial charge in [-0.05, 0) is 42.2 Å². The summed E-state index contributed by atoms with van der Waals surface area (Å²) in [5, 5.41) is 5.59. The van der Waals surface area contributed by atoms with Crippen LogP contribution in [0.3, 0.4) is 0 Å². The van der Waals surface area contributed by atoms with Gasteiger partial charge in [0.25, 0.3) is 5.91 Å². The molecule has 1 heterocycles. The van der Waals surface area contributed by atoms with Gasteiger partial charge in [0.2, 0.25) is 0 Å². The van der Waals surface area contributed by atoms with E-state index in [9.17, 15) is 9.00 Å².